The molecule has 1 amide bonds. The van der Waals surface area contributed by atoms with Gasteiger partial charge in [0.15, 0.2) is 6.29 Å². The summed E-state index contributed by atoms with van der Waals surface area (Å²) in [5.74, 6) is 0. The number of hydrogen-bond acceptors (Lipinski definition) is 7. The first-order valence-corrected chi connectivity index (χ1v) is 12.7. The second kappa shape index (κ2) is 14.9. The molecule has 2 N–H and O–H groups in total. The molecule has 5 atom stereocenters. The molecule has 1 aliphatic rings. The number of nitrogens with one attached hydrogen (secondary N) is 1. The highest BCUT2D eigenvalue weighted by Crippen LogP contribution is 2.29. The van der Waals surface area contributed by atoms with Gasteiger partial charge in [-0.15, -0.1) is 6.58 Å². The van der Waals surface area contributed by atoms with Crippen molar-refractivity contribution in [3.05, 3.63) is 84.4 Å². The van der Waals surface area contributed by atoms with Crippen LogP contribution in [-0.4, -0.2) is 65.5 Å². The average Bonchev–Trinajstić information content (AvgIpc) is 2.90. The van der Waals surface area contributed by atoms with E-state index in [1.54, 1.807) is 0 Å². The van der Waals surface area contributed by atoms with Crippen molar-refractivity contribution in [3.63, 3.8) is 0 Å². The predicted octanol–water partition coefficient (Wildman–Crippen LogP) is 4.54. The van der Waals surface area contributed by atoms with Gasteiger partial charge in [-0.1, -0.05) is 102 Å². The third-order valence-electron chi connectivity index (χ3n) is 5.43. The Kier molecular flexibility index (Phi) is 11.9. The van der Waals surface area contributed by atoms with Crippen molar-refractivity contribution in [2.45, 2.75) is 47.7 Å². The lowest BCUT2D eigenvalue weighted by atomic mass is 9.96. The second-order valence-corrected chi connectivity index (χ2v) is 10.7. The molecule has 2 aromatic rings. The first-order chi connectivity index (χ1) is 17.8. The van der Waals surface area contributed by atoms with E-state index >= 15 is 0 Å². The van der Waals surface area contributed by atoms with Gasteiger partial charge in [0, 0.05) is 0 Å². The molecule has 0 radical (unpaired) electrons. The van der Waals surface area contributed by atoms with Crippen LogP contribution in [-0.2, 0) is 36.9 Å². The number of amides is 1. The van der Waals surface area contributed by atoms with Gasteiger partial charge in [-0.25, -0.2) is 4.79 Å². The van der Waals surface area contributed by atoms with E-state index in [9.17, 15) is 9.90 Å². The molecule has 3 rings (SSSR count). The Hall–Kier alpha value is -1.88. The Labute approximate surface area is 231 Å². The fourth-order valence-corrected chi connectivity index (χ4v) is 3.93. The quantitative estimate of drug-likeness (QED) is 0.284. The molecule has 1 heterocycles. The van der Waals surface area contributed by atoms with E-state index in [0.717, 1.165) is 11.1 Å². The van der Waals surface area contributed by atoms with Crippen LogP contribution in [0.25, 0.3) is 0 Å². The van der Waals surface area contributed by atoms with Crippen molar-refractivity contribution >= 4 is 40.9 Å². The van der Waals surface area contributed by atoms with Crippen molar-refractivity contribution in [1.29, 1.82) is 0 Å². The Balaban J connectivity index is 1.87. The Morgan fingerprint density at radius 2 is 1.54 bits per heavy atom. The Bertz CT molecular complexity index is 962. The number of alkyl carbamates (subject to hydrolysis) is 1. The molecule has 0 spiro atoms. The van der Waals surface area contributed by atoms with Gasteiger partial charge in [-0.3, -0.25) is 0 Å². The molecule has 8 nitrogen and oxygen atoms in total. The van der Waals surface area contributed by atoms with Crippen molar-refractivity contribution in [2.75, 3.05) is 19.8 Å². The van der Waals surface area contributed by atoms with Crippen LogP contribution in [0.3, 0.4) is 0 Å². The highest BCUT2D eigenvalue weighted by atomic mass is 35.6. The van der Waals surface area contributed by atoms with Crippen molar-refractivity contribution in [3.8, 4) is 0 Å². The molecule has 1 aliphatic heterocycles. The zero-order chi connectivity index (χ0) is 26.7. The van der Waals surface area contributed by atoms with Crippen LogP contribution in [0.15, 0.2) is 73.3 Å². The average molecular weight is 575 g/mol. The number of aliphatic hydroxyl groups is 1. The van der Waals surface area contributed by atoms with Gasteiger partial charge in [0.05, 0.1) is 26.4 Å². The van der Waals surface area contributed by atoms with E-state index < -0.39 is 47.1 Å². The third kappa shape index (κ3) is 9.74. The summed E-state index contributed by atoms with van der Waals surface area (Å²) in [6.07, 6.45) is -2.76. The van der Waals surface area contributed by atoms with Crippen LogP contribution in [0.5, 0.6) is 0 Å². The van der Waals surface area contributed by atoms with Gasteiger partial charge >= 0.3 is 6.09 Å². The molecule has 0 saturated carbocycles. The van der Waals surface area contributed by atoms with Crippen LogP contribution in [0.2, 0.25) is 0 Å². The summed E-state index contributed by atoms with van der Waals surface area (Å²) in [5.41, 5.74) is 1.81. The minimum Gasteiger partial charge on any atom is -0.445 e. The van der Waals surface area contributed by atoms with Crippen LogP contribution < -0.4 is 5.32 Å². The molecule has 0 aromatic heterocycles. The van der Waals surface area contributed by atoms with Crippen LogP contribution >= 0.6 is 34.8 Å². The lowest BCUT2D eigenvalue weighted by molar-refractivity contribution is -0.285. The molecular weight excluding hydrogens is 545 g/mol. The number of carbonyl (C=O) groups is 1. The Morgan fingerprint density at radius 1 is 0.973 bits per heavy atom. The minimum absolute atomic E-state index is 0.116. The first kappa shape index (κ1) is 29.7. The number of halogens is 3. The van der Waals surface area contributed by atoms with Gasteiger partial charge in [-0.05, 0) is 11.1 Å². The standard InChI is InChI=1S/C26H30Cl3NO7/c1-2-13-33-24-21(30-25(32)36-17-26(27,28)29)23(35-16-19-11-7-4-8-12-19)22(20(14-31)37-24)34-15-18-9-5-3-6-10-18/h2-12,20-24,31H,1,13-17H2,(H,30,32)/t20?,21?,22-,23?,24+/m1/s1. The number of alkyl halides is 3. The van der Waals surface area contributed by atoms with Crippen molar-refractivity contribution < 1.29 is 33.6 Å². The molecule has 0 bridgehead atoms. The summed E-state index contributed by atoms with van der Waals surface area (Å²) in [5, 5.41) is 12.9. The molecule has 2 aromatic carbocycles. The highest BCUT2D eigenvalue weighted by Gasteiger charge is 2.49. The van der Waals surface area contributed by atoms with Crippen molar-refractivity contribution in [2.24, 2.45) is 0 Å². The summed E-state index contributed by atoms with van der Waals surface area (Å²) < 4.78 is 27.6. The summed E-state index contributed by atoms with van der Waals surface area (Å²) in [4.78, 5) is 12.6. The Morgan fingerprint density at radius 3 is 2.05 bits per heavy atom. The van der Waals surface area contributed by atoms with E-state index in [1.165, 1.54) is 6.08 Å². The molecule has 37 heavy (non-hydrogen) atoms. The molecule has 0 aliphatic carbocycles. The number of rotatable bonds is 12. The summed E-state index contributed by atoms with van der Waals surface area (Å²) >= 11 is 17.2. The number of benzene rings is 2. The van der Waals surface area contributed by atoms with Gasteiger partial charge in [0.25, 0.3) is 0 Å². The van der Waals surface area contributed by atoms with E-state index in [2.05, 4.69) is 11.9 Å². The zero-order valence-electron chi connectivity index (χ0n) is 20.0. The second-order valence-electron chi connectivity index (χ2n) is 8.23. The molecule has 202 valence electrons. The summed E-state index contributed by atoms with van der Waals surface area (Å²) in [6, 6.07) is 18.1. The van der Waals surface area contributed by atoms with Crippen molar-refractivity contribution in [1.82, 2.24) is 5.32 Å². The minimum atomic E-state index is -1.79. The normalized spacial score (nSPS) is 23.8. The van der Waals surface area contributed by atoms with E-state index in [0.29, 0.717) is 0 Å². The van der Waals surface area contributed by atoms with Gasteiger partial charge < -0.3 is 34.1 Å². The fourth-order valence-electron chi connectivity index (χ4n) is 3.77. The number of ether oxygens (including phenoxy) is 5. The van der Waals surface area contributed by atoms with Crippen LogP contribution in [0, 0.1) is 0 Å². The summed E-state index contributed by atoms with van der Waals surface area (Å²) in [6.45, 7) is 3.35. The highest BCUT2D eigenvalue weighted by molar-refractivity contribution is 6.67. The monoisotopic (exact) mass is 573 g/mol. The van der Waals surface area contributed by atoms with Crippen LogP contribution in [0.4, 0.5) is 4.79 Å². The smallest absolute Gasteiger partial charge is 0.407 e. The maximum atomic E-state index is 12.6. The van der Waals surface area contributed by atoms with E-state index in [4.69, 9.17) is 58.5 Å². The van der Waals surface area contributed by atoms with Crippen LogP contribution in [0.1, 0.15) is 11.1 Å². The maximum Gasteiger partial charge on any atom is 0.407 e. The molecule has 1 saturated heterocycles. The molecule has 3 unspecified atom stereocenters. The first-order valence-electron chi connectivity index (χ1n) is 11.6. The topological polar surface area (TPSA) is 95.5 Å². The maximum absolute atomic E-state index is 12.6. The number of hydrogen-bond donors (Lipinski definition) is 2. The fraction of sp³-hybridized carbons (Fsp3) is 0.423. The SMILES string of the molecule is C=CCO[C@H]1OC(CO)[C@@H](OCc2ccccc2)C(OCc2ccccc2)C1NC(=O)OCC(Cl)(Cl)Cl. The zero-order valence-corrected chi connectivity index (χ0v) is 22.3. The number of carbonyl (C=O) groups excluding carboxylic acids is 1. The predicted molar refractivity (Wildman–Crippen MR) is 140 cm³/mol. The number of aliphatic hydroxyl groups excluding tert-OH is 1. The molecular formula is C26H30Cl3NO7. The largest absolute Gasteiger partial charge is 0.445 e. The molecule has 1 fully saturated rings. The lowest BCUT2D eigenvalue weighted by Gasteiger charge is -2.45. The van der Waals surface area contributed by atoms with E-state index in [-0.39, 0.29) is 26.4 Å². The lowest BCUT2D eigenvalue weighted by Crippen LogP contribution is -2.66. The van der Waals surface area contributed by atoms with Gasteiger partial charge in [0.1, 0.15) is 31.0 Å². The van der Waals surface area contributed by atoms with Gasteiger partial charge in [0.2, 0.25) is 3.79 Å². The van der Waals surface area contributed by atoms with Gasteiger partial charge in [-0.2, -0.15) is 0 Å². The third-order valence-corrected chi connectivity index (χ3v) is 5.75. The van der Waals surface area contributed by atoms with E-state index in [1.807, 2.05) is 60.7 Å². The summed E-state index contributed by atoms with van der Waals surface area (Å²) in [7, 11) is 0. The molecule has 11 heteroatoms.